The Labute approximate surface area is 169 Å². The van der Waals surface area contributed by atoms with Crippen molar-refractivity contribution in [1.82, 2.24) is 19.4 Å². The van der Waals surface area contributed by atoms with E-state index in [0.717, 1.165) is 53.5 Å². The first-order chi connectivity index (χ1) is 13.7. The van der Waals surface area contributed by atoms with Gasteiger partial charge in [0.2, 0.25) is 5.91 Å². The Balaban J connectivity index is 1.45. The Morgan fingerprint density at radius 1 is 1.32 bits per heavy atom. The molecule has 0 N–H and O–H groups in total. The molecule has 1 amide bonds. The Kier molecular flexibility index (Phi) is 5.73. The third-order valence-electron chi connectivity index (χ3n) is 5.43. The molecular formula is C21H27N5OS. The third kappa shape index (κ3) is 3.82. The van der Waals surface area contributed by atoms with E-state index < -0.39 is 0 Å². The quantitative estimate of drug-likeness (QED) is 0.636. The molecule has 7 heteroatoms. The molecule has 0 bridgehead atoms. The highest BCUT2D eigenvalue weighted by molar-refractivity contribution is 7.22. The van der Waals surface area contributed by atoms with Crippen LogP contribution >= 0.6 is 11.3 Å². The van der Waals surface area contributed by atoms with Crippen LogP contribution in [0.25, 0.3) is 10.2 Å². The molecule has 3 aromatic rings. The van der Waals surface area contributed by atoms with Crippen LogP contribution in [0.2, 0.25) is 0 Å². The van der Waals surface area contributed by atoms with Gasteiger partial charge >= 0.3 is 0 Å². The molecule has 1 saturated heterocycles. The lowest BCUT2D eigenvalue weighted by molar-refractivity contribution is -0.120. The number of rotatable bonds is 6. The van der Waals surface area contributed by atoms with Crippen molar-refractivity contribution in [3.8, 4) is 0 Å². The minimum absolute atomic E-state index is 0.128. The van der Waals surface area contributed by atoms with E-state index in [1.807, 2.05) is 36.2 Å². The average Bonchev–Trinajstić information content (AvgIpc) is 3.35. The molecule has 0 spiro atoms. The number of para-hydroxylation sites is 1. The fraction of sp³-hybridized carbons (Fsp3) is 0.476. The molecule has 28 heavy (non-hydrogen) atoms. The molecule has 6 nitrogen and oxygen atoms in total. The predicted molar refractivity (Wildman–Crippen MR) is 114 cm³/mol. The molecular weight excluding hydrogens is 370 g/mol. The van der Waals surface area contributed by atoms with Crippen LogP contribution in [-0.4, -0.2) is 51.5 Å². The van der Waals surface area contributed by atoms with Gasteiger partial charge in [0.15, 0.2) is 5.13 Å². The normalized spacial score (nSPS) is 17.9. The van der Waals surface area contributed by atoms with E-state index in [0.29, 0.717) is 19.1 Å². The van der Waals surface area contributed by atoms with Crippen LogP contribution in [0.15, 0.2) is 36.7 Å². The maximum absolute atomic E-state index is 13.1. The number of aromatic nitrogens is 3. The maximum Gasteiger partial charge on any atom is 0.242 e. The van der Waals surface area contributed by atoms with E-state index in [-0.39, 0.29) is 5.91 Å². The zero-order chi connectivity index (χ0) is 19.5. The second kappa shape index (κ2) is 8.41. The number of aryl methyl sites for hydroxylation is 1. The van der Waals surface area contributed by atoms with Gasteiger partial charge in [-0.15, -0.1) is 0 Å². The van der Waals surface area contributed by atoms with E-state index in [4.69, 9.17) is 0 Å². The van der Waals surface area contributed by atoms with Gasteiger partial charge in [0.25, 0.3) is 0 Å². The van der Waals surface area contributed by atoms with Crippen molar-refractivity contribution < 1.29 is 4.79 Å². The lowest BCUT2D eigenvalue weighted by Crippen LogP contribution is -2.44. The number of anilines is 1. The van der Waals surface area contributed by atoms with Gasteiger partial charge in [-0.05, 0) is 38.4 Å². The monoisotopic (exact) mass is 397 g/mol. The molecule has 0 aliphatic carbocycles. The number of nitrogens with zero attached hydrogens (tertiary/aromatic N) is 5. The van der Waals surface area contributed by atoms with Crippen LogP contribution in [0.5, 0.6) is 0 Å². The number of hydrogen-bond acceptors (Lipinski definition) is 5. The molecule has 4 rings (SSSR count). The van der Waals surface area contributed by atoms with Crippen LogP contribution in [0.3, 0.4) is 0 Å². The minimum atomic E-state index is 0.128. The number of benzene rings is 1. The van der Waals surface area contributed by atoms with Gasteiger partial charge in [0, 0.05) is 37.9 Å². The molecule has 1 unspecified atom stereocenters. The smallest absolute Gasteiger partial charge is 0.242 e. The van der Waals surface area contributed by atoms with E-state index in [1.54, 1.807) is 11.3 Å². The lowest BCUT2D eigenvalue weighted by atomic mass is 10.1. The van der Waals surface area contributed by atoms with Crippen LogP contribution in [0.1, 0.15) is 38.6 Å². The predicted octanol–water partition coefficient (Wildman–Crippen LogP) is 3.75. The first kappa shape index (κ1) is 19.1. The van der Waals surface area contributed by atoms with Crippen molar-refractivity contribution >= 4 is 32.6 Å². The van der Waals surface area contributed by atoms with Crippen LogP contribution in [0, 0.1) is 0 Å². The number of hydrogen-bond donors (Lipinski definition) is 0. The molecule has 0 saturated carbocycles. The van der Waals surface area contributed by atoms with Crippen LogP contribution in [-0.2, 0) is 11.2 Å². The number of piperidine rings is 1. The second-order valence-electron chi connectivity index (χ2n) is 7.24. The Hall–Kier alpha value is -2.25. The van der Waals surface area contributed by atoms with Crippen molar-refractivity contribution in [3.05, 3.63) is 42.5 Å². The number of carbonyl (C=O) groups excluding carboxylic acids is 1. The van der Waals surface area contributed by atoms with Crippen molar-refractivity contribution in [2.24, 2.45) is 0 Å². The molecule has 1 aliphatic rings. The summed E-state index contributed by atoms with van der Waals surface area (Å²) in [5, 5.41) is 0.796. The molecule has 0 radical (unpaired) electrons. The summed E-state index contributed by atoms with van der Waals surface area (Å²) in [6.07, 6.45) is 7.14. The fourth-order valence-electron chi connectivity index (χ4n) is 4.02. The molecule has 1 atom stereocenters. The van der Waals surface area contributed by atoms with Crippen molar-refractivity contribution in [1.29, 1.82) is 0 Å². The highest BCUT2D eigenvalue weighted by Crippen LogP contribution is 2.29. The number of carbonyl (C=O) groups is 1. The molecule has 3 heterocycles. The number of fused-ring (bicyclic) bond motifs is 1. The number of amides is 1. The summed E-state index contributed by atoms with van der Waals surface area (Å²) in [4.78, 5) is 26.3. The summed E-state index contributed by atoms with van der Waals surface area (Å²) in [5.41, 5.74) is 0.957. The van der Waals surface area contributed by atoms with Crippen molar-refractivity contribution in [2.75, 3.05) is 31.1 Å². The maximum atomic E-state index is 13.1. The van der Waals surface area contributed by atoms with E-state index >= 15 is 0 Å². The van der Waals surface area contributed by atoms with Gasteiger partial charge in [0.05, 0.1) is 16.8 Å². The van der Waals surface area contributed by atoms with Gasteiger partial charge < -0.3 is 4.57 Å². The number of imidazole rings is 1. The zero-order valence-electron chi connectivity index (χ0n) is 16.5. The second-order valence-corrected chi connectivity index (χ2v) is 8.25. The summed E-state index contributed by atoms with van der Waals surface area (Å²) < 4.78 is 3.41. The number of likely N-dealkylation sites (tertiary alicyclic amines) is 1. The lowest BCUT2D eigenvalue weighted by Gasteiger charge is -2.34. The van der Waals surface area contributed by atoms with Gasteiger partial charge in [-0.1, -0.05) is 30.4 Å². The van der Waals surface area contributed by atoms with Gasteiger partial charge in [-0.2, -0.15) is 0 Å². The molecule has 1 fully saturated rings. The number of thiazole rings is 1. The van der Waals surface area contributed by atoms with Gasteiger partial charge in [-0.3, -0.25) is 14.6 Å². The standard InChI is InChI=1S/C21H27N5OS/c1-3-19-22-11-13-26(19)16-8-7-12-24(14-16)15-20(27)25(4-2)21-23-17-9-5-6-10-18(17)28-21/h5-6,9-11,13,16H,3-4,7-8,12,14-15H2,1-2H3. The summed E-state index contributed by atoms with van der Waals surface area (Å²) in [6, 6.07) is 8.45. The SMILES string of the molecule is CCc1nccn1C1CCCN(CC(=O)N(CC)c2nc3ccccc3s2)C1. The van der Waals surface area contributed by atoms with Gasteiger partial charge in [0.1, 0.15) is 5.82 Å². The molecule has 1 aliphatic heterocycles. The van der Waals surface area contributed by atoms with Crippen molar-refractivity contribution in [3.63, 3.8) is 0 Å². The summed E-state index contributed by atoms with van der Waals surface area (Å²) >= 11 is 1.59. The Bertz CT molecular complexity index is 916. The van der Waals surface area contributed by atoms with Gasteiger partial charge in [-0.25, -0.2) is 9.97 Å². The zero-order valence-corrected chi connectivity index (χ0v) is 17.4. The first-order valence-electron chi connectivity index (χ1n) is 10.1. The topological polar surface area (TPSA) is 54.3 Å². The van der Waals surface area contributed by atoms with Crippen molar-refractivity contribution in [2.45, 2.75) is 39.2 Å². The summed E-state index contributed by atoms with van der Waals surface area (Å²) in [7, 11) is 0. The Morgan fingerprint density at radius 3 is 2.96 bits per heavy atom. The average molecular weight is 398 g/mol. The third-order valence-corrected chi connectivity index (χ3v) is 6.49. The van der Waals surface area contributed by atoms with E-state index in [9.17, 15) is 4.79 Å². The summed E-state index contributed by atoms with van der Waals surface area (Å²) in [6.45, 7) is 7.10. The molecule has 1 aromatic carbocycles. The first-order valence-corrected chi connectivity index (χ1v) is 10.9. The molecule has 2 aromatic heterocycles. The van der Waals surface area contributed by atoms with E-state index in [1.165, 1.54) is 0 Å². The minimum Gasteiger partial charge on any atom is -0.331 e. The van der Waals surface area contributed by atoms with Crippen LogP contribution in [0.4, 0.5) is 5.13 Å². The van der Waals surface area contributed by atoms with E-state index in [2.05, 4.69) is 38.6 Å². The molecule has 148 valence electrons. The number of likely N-dealkylation sites (N-methyl/N-ethyl adjacent to an activating group) is 1. The Morgan fingerprint density at radius 2 is 2.18 bits per heavy atom. The highest BCUT2D eigenvalue weighted by Gasteiger charge is 2.26. The largest absolute Gasteiger partial charge is 0.331 e. The van der Waals surface area contributed by atoms with Crippen LogP contribution < -0.4 is 4.90 Å². The fourth-order valence-corrected chi connectivity index (χ4v) is 5.07. The highest BCUT2D eigenvalue weighted by atomic mass is 32.1. The summed E-state index contributed by atoms with van der Waals surface area (Å²) in [5.74, 6) is 1.26.